The first-order valence-corrected chi connectivity index (χ1v) is 5.70. The number of rotatable bonds is 2. The quantitative estimate of drug-likeness (QED) is 0.821. The molecule has 2 N–H and O–H groups in total. The zero-order valence-electron chi connectivity index (χ0n) is 9.89. The summed E-state index contributed by atoms with van der Waals surface area (Å²) < 4.78 is 5.32. The summed E-state index contributed by atoms with van der Waals surface area (Å²) in [6, 6.07) is 4.09. The maximum absolute atomic E-state index is 8.91. The lowest BCUT2D eigenvalue weighted by molar-refractivity contribution is 0.0200. The molecule has 5 nitrogen and oxygen atoms in total. The summed E-state index contributed by atoms with van der Waals surface area (Å²) in [7, 11) is 0. The molecule has 0 bridgehead atoms. The van der Waals surface area contributed by atoms with Crippen LogP contribution in [0.15, 0.2) is 12.3 Å². The predicted molar refractivity (Wildman–Crippen MR) is 64.2 cm³/mol. The average Bonchev–Trinajstić information content (AvgIpc) is 2.39. The minimum absolute atomic E-state index is 0.189. The summed E-state index contributed by atoms with van der Waals surface area (Å²) in [6.07, 6.45) is 1.64. The monoisotopic (exact) mass is 232 g/mol. The van der Waals surface area contributed by atoms with Gasteiger partial charge in [-0.2, -0.15) is 5.26 Å². The molecule has 5 heteroatoms. The summed E-state index contributed by atoms with van der Waals surface area (Å²) in [6.45, 7) is 5.38. The molecule has 90 valence electrons. The number of hydrogen-bond acceptors (Lipinski definition) is 5. The summed E-state index contributed by atoms with van der Waals surface area (Å²) in [5.74, 6) is 0. The van der Waals surface area contributed by atoms with Crippen LogP contribution in [-0.2, 0) is 4.74 Å². The van der Waals surface area contributed by atoms with Crippen LogP contribution in [0.1, 0.15) is 24.2 Å². The van der Waals surface area contributed by atoms with Crippen LogP contribution in [0.3, 0.4) is 0 Å². The number of nitrogen functional groups attached to an aromatic ring is 1. The van der Waals surface area contributed by atoms with E-state index in [2.05, 4.69) is 16.8 Å². The van der Waals surface area contributed by atoms with Gasteiger partial charge >= 0.3 is 0 Å². The van der Waals surface area contributed by atoms with Gasteiger partial charge in [-0.25, -0.2) is 4.98 Å². The first-order chi connectivity index (χ1) is 8.24. The van der Waals surface area contributed by atoms with Crippen LogP contribution in [0, 0.1) is 11.3 Å². The first-order valence-electron chi connectivity index (χ1n) is 5.70. The van der Waals surface area contributed by atoms with E-state index in [1.54, 1.807) is 6.20 Å². The second kappa shape index (κ2) is 5.13. The highest BCUT2D eigenvalue weighted by Gasteiger charge is 2.21. The molecule has 1 unspecified atom stereocenters. The number of morpholine rings is 1. The van der Waals surface area contributed by atoms with Crippen LogP contribution in [0.25, 0.3) is 0 Å². The van der Waals surface area contributed by atoms with Gasteiger partial charge in [0, 0.05) is 25.3 Å². The molecule has 17 heavy (non-hydrogen) atoms. The van der Waals surface area contributed by atoms with E-state index in [1.807, 2.05) is 12.1 Å². The normalized spacial score (nSPS) is 18.6. The van der Waals surface area contributed by atoms with Crippen molar-refractivity contribution in [2.75, 3.05) is 32.0 Å². The zero-order chi connectivity index (χ0) is 12.3. The maximum Gasteiger partial charge on any atom is 0.163 e. The SMILES string of the molecule is CC(c1ccnc(C#N)c1N)N1CCOCC1. The van der Waals surface area contributed by atoms with Crippen molar-refractivity contribution in [2.45, 2.75) is 13.0 Å². The number of hydrogen-bond donors (Lipinski definition) is 1. The molecule has 1 aromatic rings. The predicted octanol–water partition coefficient (Wildman–Crippen LogP) is 0.929. The van der Waals surface area contributed by atoms with Crippen molar-refractivity contribution in [3.05, 3.63) is 23.5 Å². The van der Waals surface area contributed by atoms with E-state index in [1.165, 1.54) is 0 Å². The molecular formula is C12H16N4O. The Labute approximate surface area is 101 Å². The minimum Gasteiger partial charge on any atom is -0.396 e. The third kappa shape index (κ3) is 2.38. The van der Waals surface area contributed by atoms with E-state index in [-0.39, 0.29) is 6.04 Å². The van der Waals surface area contributed by atoms with Crippen molar-refractivity contribution in [3.63, 3.8) is 0 Å². The van der Waals surface area contributed by atoms with Gasteiger partial charge in [-0.1, -0.05) is 0 Å². The van der Waals surface area contributed by atoms with Gasteiger partial charge in [-0.05, 0) is 18.6 Å². The van der Waals surface area contributed by atoms with Crippen LogP contribution in [0.4, 0.5) is 5.69 Å². The molecule has 1 atom stereocenters. The van der Waals surface area contributed by atoms with Crippen LogP contribution in [0.5, 0.6) is 0 Å². The molecular weight excluding hydrogens is 216 g/mol. The lowest BCUT2D eigenvalue weighted by Crippen LogP contribution is -2.38. The van der Waals surface area contributed by atoms with Crippen molar-refractivity contribution >= 4 is 5.69 Å². The van der Waals surface area contributed by atoms with E-state index in [0.29, 0.717) is 11.4 Å². The lowest BCUT2D eigenvalue weighted by atomic mass is 10.0. The fourth-order valence-corrected chi connectivity index (χ4v) is 2.10. The van der Waals surface area contributed by atoms with Crippen molar-refractivity contribution in [1.29, 1.82) is 5.26 Å². The lowest BCUT2D eigenvalue weighted by Gasteiger charge is -2.33. The molecule has 2 rings (SSSR count). The molecule has 1 fully saturated rings. The summed E-state index contributed by atoms with van der Waals surface area (Å²) in [4.78, 5) is 6.26. The first kappa shape index (κ1) is 11.8. The van der Waals surface area contributed by atoms with Gasteiger partial charge in [0.05, 0.1) is 18.9 Å². The maximum atomic E-state index is 8.91. The Balaban J connectivity index is 2.24. The van der Waals surface area contributed by atoms with E-state index in [0.717, 1.165) is 31.9 Å². The van der Waals surface area contributed by atoms with Crippen LogP contribution in [0.2, 0.25) is 0 Å². The molecule has 0 aliphatic carbocycles. The number of nitrogens with zero attached hydrogens (tertiary/aromatic N) is 3. The smallest absolute Gasteiger partial charge is 0.163 e. The number of ether oxygens (including phenoxy) is 1. The molecule has 1 saturated heterocycles. The van der Waals surface area contributed by atoms with E-state index < -0.39 is 0 Å². The summed E-state index contributed by atoms with van der Waals surface area (Å²) >= 11 is 0. The zero-order valence-corrected chi connectivity index (χ0v) is 9.89. The molecule has 0 radical (unpaired) electrons. The number of pyridine rings is 1. The van der Waals surface area contributed by atoms with E-state index >= 15 is 0 Å². The van der Waals surface area contributed by atoms with Crippen LogP contribution >= 0.6 is 0 Å². The van der Waals surface area contributed by atoms with Gasteiger partial charge in [-0.3, -0.25) is 4.90 Å². The highest BCUT2D eigenvalue weighted by Crippen LogP contribution is 2.27. The van der Waals surface area contributed by atoms with Crippen molar-refractivity contribution in [1.82, 2.24) is 9.88 Å². The van der Waals surface area contributed by atoms with Gasteiger partial charge in [0.15, 0.2) is 5.69 Å². The van der Waals surface area contributed by atoms with Gasteiger partial charge in [0.2, 0.25) is 0 Å². The van der Waals surface area contributed by atoms with Crippen molar-refractivity contribution in [3.8, 4) is 6.07 Å². The molecule has 1 aromatic heterocycles. The molecule has 0 spiro atoms. The average molecular weight is 232 g/mol. The Hall–Kier alpha value is -1.64. The van der Waals surface area contributed by atoms with Crippen molar-refractivity contribution < 1.29 is 4.74 Å². The number of nitrogens with two attached hydrogens (primary N) is 1. The van der Waals surface area contributed by atoms with Crippen LogP contribution in [-0.4, -0.2) is 36.2 Å². The van der Waals surface area contributed by atoms with Crippen molar-refractivity contribution in [2.24, 2.45) is 0 Å². The van der Waals surface area contributed by atoms with E-state index in [4.69, 9.17) is 15.7 Å². The Morgan fingerprint density at radius 1 is 1.53 bits per heavy atom. The molecule has 1 aliphatic rings. The molecule has 0 saturated carbocycles. The molecule has 1 aliphatic heterocycles. The summed E-state index contributed by atoms with van der Waals surface area (Å²) in [5, 5.41) is 8.91. The number of anilines is 1. The topological polar surface area (TPSA) is 75.2 Å². The highest BCUT2D eigenvalue weighted by molar-refractivity contribution is 5.56. The number of nitriles is 1. The minimum atomic E-state index is 0.189. The fraction of sp³-hybridized carbons (Fsp3) is 0.500. The van der Waals surface area contributed by atoms with Gasteiger partial charge in [0.1, 0.15) is 6.07 Å². The molecule has 0 aromatic carbocycles. The molecule has 0 amide bonds. The Morgan fingerprint density at radius 3 is 2.88 bits per heavy atom. The Morgan fingerprint density at radius 2 is 2.24 bits per heavy atom. The van der Waals surface area contributed by atoms with Gasteiger partial charge < -0.3 is 10.5 Å². The third-order valence-corrected chi connectivity index (χ3v) is 3.17. The highest BCUT2D eigenvalue weighted by atomic mass is 16.5. The second-order valence-corrected chi connectivity index (χ2v) is 4.10. The Kier molecular flexibility index (Phi) is 3.57. The van der Waals surface area contributed by atoms with Gasteiger partial charge in [-0.15, -0.1) is 0 Å². The third-order valence-electron chi connectivity index (χ3n) is 3.17. The van der Waals surface area contributed by atoms with E-state index in [9.17, 15) is 0 Å². The number of aromatic nitrogens is 1. The largest absolute Gasteiger partial charge is 0.396 e. The molecule has 2 heterocycles. The summed E-state index contributed by atoms with van der Waals surface area (Å²) in [5.41, 5.74) is 7.73. The fourth-order valence-electron chi connectivity index (χ4n) is 2.10. The van der Waals surface area contributed by atoms with Crippen LogP contribution < -0.4 is 5.73 Å². The van der Waals surface area contributed by atoms with Gasteiger partial charge in [0.25, 0.3) is 0 Å². The standard InChI is InChI=1S/C12H16N4O/c1-9(16-4-6-17-7-5-16)10-2-3-15-11(8-13)12(10)14/h2-3,9H,4-7,14H2,1H3. The second-order valence-electron chi connectivity index (χ2n) is 4.10. The Bertz CT molecular complexity index is 435.